The van der Waals surface area contributed by atoms with Crippen molar-refractivity contribution in [2.24, 2.45) is 0 Å². The number of piperidine rings is 1. The molecule has 148 valence electrons. The number of hydrogen-bond acceptors (Lipinski definition) is 5. The summed E-state index contributed by atoms with van der Waals surface area (Å²) < 4.78 is 5.00. The van der Waals surface area contributed by atoms with E-state index in [0.29, 0.717) is 18.5 Å². The second-order valence-corrected chi connectivity index (χ2v) is 7.12. The Balaban J connectivity index is 1.67. The highest BCUT2D eigenvalue weighted by Gasteiger charge is 2.13. The molecule has 28 heavy (non-hydrogen) atoms. The second kappa shape index (κ2) is 9.37. The number of amides is 1. The number of carbonyl (C=O) groups is 2. The Morgan fingerprint density at radius 3 is 2.61 bits per heavy atom. The highest BCUT2D eigenvalue weighted by Crippen LogP contribution is 2.35. The summed E-state index contributed by atoms with van der Waals surface area (Å²) in [6.07, 6.45) is 4.20. The van der Waals surface area contributed by atoms with Crippen LogP contribution < -0.4 is 10.1 Å². The Labute approximate surface area is 165 Å². The molecule has 0 radical (unpaired) electrons. The SMILES string of the molecule is Cc1cc(NC(=O)CCN2CCCCC2)ccc1-c1ccc(O)cc1OC=O. The van der Waals surface area contributed by atoms with E-state index < -0.39 is 0 Å². The van der Waals surface area contributed by atoms with Crippen LogP contribution in [0.1, 0.15) is 31.2 Å². The summed E-state index contributed by atoms with van der Waals surface area (Å²) in [5.41, 5.74) is 3.23. The normalized spacial score (nSPS) is 14.5. The van der Waals surface area contributed by atoms with Crippen molar-refractivity contribution in [3.8, 4) is 22.6 Å². The lowest BCUT2D eigenvalue weighted by Gasteiger charge is -2.25. The van der Waals surface area contributed by atoms with Crippen LogP contribution in [0.2, 0.25) is 0 Å². The third kappa shape index (κ3) is 5.10. The van der Waals surface area contributed by atoms with Crippen LogP contribution in [0, 0.1) is 6.92 Å². The van der Waals surface area contributed by atoms with Gasteiger partial charge in [0, 0.05) is 30.3 Å². The second-order valence-electron chi connectivity index (χ2n) is 7.12. The lowest BCUT2D eigenvalue weighted by molar-refractivity contribution is -0.120. The molecular formula is C22H26N2O4. The molecular weight excluding hydrogens is 356 g/mol. The number of aryl methyl sites for hydroxylation is 1. The minimum absolute atomic E-state index is 0.00679. The van der Waals surface area contributed by atoms with E-state index >= 15 is 0 Å². The maximum Gasteiger partial charge on any atom is 0.298 e. The van der Waals surface area contributed by atoms with Gasteiger partial charge in [-0.15, -0.1) is 0 Å². The molecule has 0 saturated carbocycles. The van der Waals surface area contributed by atoms with Crippen molar-refractivity contribution >= 4 is 18.1 Å². The lowest BCUT2D eigenvalue weighted by atomic mass is 9.99. The standard InChI is InChI=1S/C22H26N2O4/c1-16-13-17(23-22(27)9-12-24-10-3-2-4-11-24)5-7-19(16)20-8-6-18(26)14-21(20)28-15-25/h5-8,13-15,26H,2-4,9-12H2,1H3,(H,23,27). The number of phenols is 1. The smallest absolute Gasteiger partial charge is 0.298 e. The van der Waals surface area contributed by atoms with Gasteiger partial charge in [0.15, 0.2) is 0 Å². The quantitative estimate of drug-likeness (QED) is 0.714. The van der Waals surface area contributed by atoms with Gasteiger partial charge in [0.2, 0.25) is 5.91 Å². The monoisotopic (exact) mass is 382 g/mol. The molecule has 1 aliphatic rings. The highest BCUT2D eigenvalue weighted by molar-refractivity contribution is 5.91. The first-order valence-electron chi connectivity index (χ1n) is 9.63. The molecule has 0 aliphatic carbocycles. The largest absolute Gasteiger partial charge is 0.508 e. The zero-order chi connectivity index (χ0) is 19.9. The van der Waals surface area contributed by atoms with E-state index in [-0.39, 0.29) is 17.4 Å². The Kier molecular flexibility index (Phi) is 6.66. The molecule has 1 heterocycles. The van der Waals surface area contributed by atoms with Crippen LogP contribution in [0.3, 0.4) is 0 Å². The number of anilines is 1. The van der Waals surface area contributed by atoms with Gasteiger partial charge in [0.05, 0.1) is 0 Å². The summed E-state index contributed by atoms with van der Waals surface area (Å²) >= 11 is 0. The van der Waals surface area contributed by atoms with Crippen molar-refractivity contribution in [2.45, 2.75) is 32.6 Å². The summed E-state index contributed by atoms with van der Waals surface area (Å²) in [6, 6.07) is 10.2. The van der Waals surface area contributed by atoms with E-state index in [2.05, 4.69) is 10.2 Å². The number of phenolic OH excluding ortho intramolecular Hbond substituents is 1. The van der Waals surface area contributed by atoms with Crippen LogP contribution in [0.15, 0.2) is 36.4 Å². The zero-order valence-electron chi connectivity index (χ0n) is 16.1. The number of benzene rings is 2. The molecule has 0 atom stereocenters. The van der Waals surface area contributed by atoms with Crippen molar-refractivity contribution in [2.75, 3.05) is 25.0 Å². The summed E-state index contributed by atoms with van der Waals surface area (Å²) in [4.78, 5) is 25.4. The van der Waals surface area contributed by atoms with Gasteiger partial charge in [-0.2, -0.15) is 0 Å². The molecule has 2 N–H and O–H groups in total. The highest BCUT2D eigenvalue weighted by atomic mass is 16.5. The van der Waals surface area contributed by atoms with E-state index in [1.807, 2.05) is 25.1 Å². The summed E-state index contributed by atoms with van der Waals surface area (Å²) in [6.45, 7) is 5.22. The molecule has 6 heteroatoms. The van der Waals surface area contributed by atoms with E-state index in [1.165, 1.54) is 25.3 Å². The van der Waals surface area contributed by atoms with Crippen LogP contribution in [0.4, 0.5) is 5.69 Å². The van der Waals surface area contributed by atoms with Crippen molar-refractivity contribution < 1.29 is 19.4 Å². The zero-order valence-corrected chi connectivity index (χ0v) is 16.1. The Morgan fingerprint density at radius 1 is 1.14 bits per heavy atom. The average Bonchev–Trinajstić information content (AvgIpc) is 2.68. The lowest BCUT2D eigenvalue weighted by Crippen LogP contribution is -2.32. The van der Waals surface area contributed by atoms with Crippen LogP contribution in [-0.2, 0) is 9.59 Å². The molecule has 0 spiro atoms. The van der Waals surface area contributed by atoms with E-state index in [4.69, 9.17) is 4.74 Å². The van der Waals surface area contributed by atoms with Crippen LogP contribution in [-0.4, -0.2) is 42.0 Å². The molecule has 6 nitrogen and oxygen atoms in total. The molecule has 0 unspecified atom stereocenters. The number of ether oxygens (including phenoxy) is 1. The van der Waals surface area contributed by atoms with Gasteiger partial charge in [-0.05, 0) is 68.2 Å². The Hall–Kier alpha value is -2.86. The van der Waals surface area contributed by atoms with Crippen LogP contribution in [0.5, 0.6) is 11.5 Å². The van der Waals surface area contributed by atoms with Crippen molar-refractivity contribution in [1.29, 1.82) is 0 Å². The predicted octanol–water partition coefficient (Wildman–Crippen LogP) is 3.72. The maximum absolute atomic E-state index is 12.3. The molecule has 3 rings (SSSR count). The van der Waals surface area contributed by atoms with Gasteiger partial charge >= 0.3 is 0 Å². The van der Waals surface area contributed by atoms with Gasteiger partial charge in [-0.25, -0.2) is 0 Å². The van der Waals surface area contributed by atoms with Crippen molar-refractivity contribution in [1.82, 2.24) is 4.90 Å². The van der Waals surface area contributed by atoms with Gasteiger partial charge < -0.3 is 20.1 Å². The van der Waals surface area contributed by atoms with Crippen LogP contribution >= 0.6 is 0 Å². The first-order valence-corrected chi connectivity index (χ1v) is 9.63. The number of hydrogen-bond donors (Lipinski definition) is 2. The minimum Gasteiger partial charge on any atom is -0.508 e. The number of nitrogens with one attached hydrogen (secondary N) is 1. The third-order valence-electron chi connectivity index (χ3n) is 5.04. The van der Waals surface area contributed by atoms with Crippen LogP contribution in [0.25, 0.3) is 11.1 Å². The van der Waals surface area contributed by atoms with E-state index in [1.54, 1.807) is 12.1 Å². The molecule has 2 aromatic rings. The Morgan fingerprint density at radius 2 is 1.89 bits per heavy atom. The molecule has 1 saturated heterocycles. The van der Waals surface area contributed by atoms with Crippen molar-refractivity contribution in [3.63, 3.8) is 0 Å². The average molecular weight is 382 g/mol. The van der Waals surface area contributed by atoms with Gasteiger partial charge in [0.25, 0.3) is 6.47 Å². The molecule has 0 aromatic heterocycles. The van der Waals surface area contributed by atoms with Crippen molar-refractivity contribution in [3.05, 3.63) is 42.0 Å². The first kappa shape index (κ1) is 19.9. The number of likely N-dealkylation sites (tertiary alicyclic amines) is 1. The predicted molar refractivity (Wildman–Crippen MR) is 109 cm³/mol. The van der Waals surface area contributed by atoms with E-state index in [9.17, 15) is 14.7 Å². The number of carbonyl (C=O) groups excluding carboxylic acids is 2. The number of nitrogens with zero attached hydrogens (tertiary/aromatic N) is 1. The fourth-order valence-electron chi connectivity index (χ4n) is 3.59. The maximum atomic E-state index is 12.3. The van der Waals surface area contributed by atoms with Gasteiger partial charge in [-0.1, -0.05) is 12.5 Å². The molecule has 1 fully saturated rings. The first-order chi connectivity index (χ1) is 13.6. The molecule has 1 amide bonds. The molecule has 1 aliphatic heterocycles. The number of rotatable bonds is 7. The van der Waals surface area contributed by atoms with Gasteiger partial charge in [0.1, 0.15) is 11.5 Å². The summed E-state index contributed by atoms with van der Waals surface area (Å²) in [7, 11) is 0. The number of aromatic hydroxyl groups is 1. The fourth-order valence-corrected chi connectivity index (χ4v) is 3.59. The summed E-state index contributed by atoms with van der Waals surface area (Å²) in [5.74, 6) is 0.319. The van der Waals surface area contributed by atoms with Gasteiger partial charge in [-0.3, -0.25) is 9.59 Å². The molecule has 0 bridgehead atoms. The summed E-state index contributed by atoms with van der Waals surface area (Å²) in [5, 5.41) is 12.6. The molecule has 2 aromatic carbocycles. The Bertz CT molecular complexity index is 844. The van der Waals surface area contributed by atoms with E-state index in [0.717, 1.165) is 36.4 Å². The minimum atomic E-state index is 0.00679. The third-order valence-corrected chi connectivity index (χ3v) is 5.04. The topological polar surface area (TPSA) is 78.9 Å². The fraction of sp³-hybridized carbons (Fsp3) is 0.364.